The molecule has 1 fully saturated rings. The van der Waals surface area contributed by atoms with Gasteiger partial charge in [-0.2, -0.15) is 0 Å². The third kappa shape index (κ3) is 9.69. The maximum atomic E-state index is 13.9. The molecule has 0 radical (unpaired) electrons. The van der Waals surface area contributed by atoms with Crippen molar-refractivity contribution in [1.29, 1.82) is 0 Å². The SMILES string of the molecule is CCO[C@H]1CC[C@@](CSC(C)=O)(C(=O)N[C@@H](Cc2ccc(OC(C)(C)C)cc2)C(=O)Nc2ccccc2)CC1. The average Bonchev–Trinajstić information content (AvgIpc) is 2.89. The monoisotopic (exact) mass is 554 g/mol. The second-order valence-electron chi connectivity index (χ2n) is 11.2. The Bertz CT molecular complexity index is 1090. The first-order chi connectivity index (χ1) is 18.5. The Kier molecular flexibility index (Phi) is 11.0. The Morgan fingerprint density at radius 3 is 2.23 bits per heavy atom. The lowest BCUT2D eigenvalue weighted by atomic mass is 9.73. The van der Waals surface area contributed by atoms with Crippen LogP contribution in [0.4, 0.5) is 5.69 Å². The number of carbonyl (C=O) groups excluding carboxylic acids is 3. The van der Waals surface area contributed by atoms with Crippen LogP contribution >= 0.6 is 11.8 Å². The van der Waals surface area contributed by atoms with Crippen LogP contribution < -0.4 is 15.4 Å². The number of carbonyl (C=O) groups is 3. The summed E-state index contributed by atoms with van der Waals surface area (Å²) in [6.45, 7) is 10.1. The zero-order valence-electron chi connectivity index (χ0n) is 23.8. The van der Waals surface area contributed by atoms with Crippen molar-refractivity contribution in [2.45, 2.75) is 84.5 Å². The van der Waals surface area contributed by atoms with Crippen molar-refractivity contribution in [3.05, 3.63) is 60.2 Å². The minimum atomic E-state index is -0.795. The fourth-order valence-corrected chi connectivity index (χ4v) is 5.68. The van der Waals surface area contributed by atoms with Gasteiger partial charge in [0, 0.05) is 31.4 Å². The number of nitrogens with one attached hydrogen (secondary N) is 2. The van der Waals surface area contributed by atoms with Crippen molar-refractivity contribution >= 4 is 34.4 Å². The van der Waals surface area contributed by atoms with Crippen LogP contribution in [-0.4, -0.2) is 47.0 Å². The van der Waals surface area contributed by atoms with E-state index in [2.05, 4.69) is 10.6 Å². The third-order valence-electron chi connectivity index (χ3n) is 6.78. The summed E-state index contributed by atoms with van der Waals surface area (Å²) in [5.41, 5.74) is 0.507. The molecular formula is C31H42N2O5S. The topological polar surface area (TPSA) is 93.7 Å². The average molecular weight is 555 g/mol. The van der Waals surface area contributed by atoms with E-state index in [1.807, 2.05) is 82.3 Å². The molecular weight excluding hydrogens is 512 g/mol. The van der Waals surface area contributed by atoms with Gasteiger partial charge >= 0.3 is 0 Å². The van der Waals surface area contributed by atoms with Crippen molar-refractivity contribution in [2.75, 3.05) is 17.7 Å². The maximum Gasteiger partial charge on any atom is 0.247 e. The van der Waals surface area contributed by atoms with Crippen LogP contribution in [-0.2, 0) is 25.5 Å². The molecule has 2 aromatic carbocycles. The molecule has 0 unspecified atom stereocenters. The van der Waals surface area contributed by atoms with Gasteiger partial charge in [-0.1, -0.05) is 42.1 Å². The van der Waals surface area contributed by atoms with Crippen molar-refractivity contribution in [1.82, 2.24) is 5.32 Å². The predicted octanol–water partition coefficient (Wildman–Crippen LogP) is 5.78. The van der Waals surface area contributed by atoms with E-state index >= 15 is 0 Å². The van der Waals surface area contributed by atoms with Gasteiger partial charge in [-0.05, 0) is 83.2 Å². The Labute approximate surface area is 236 Å². The molecule has 0 heterocycles. The van der Waals surface area contributed by atoms with Crippen molar-refractivity contribution in [3.8, 4) is 5.75 Å². The van der Waals surface area contributed by atoms with Crippen LogP contribution in [0.3, 0.4) is 0 Å². The number of para-hydroxylation sites is 1. The van der Waals surface area contributed by atoms with Crippen LogP contribution in [0.15, 0.2) is 54.6 Å². The molecule has 39 heavy (non-hydrogen) atoms. The van der Waals surface area contributed by atoms with Gasteiger partial charge in [-0.15, -0.1) is 0 Å². The van der Waals surface area contributed by atoms with Gasteiger partial charge in [0.15, 0.2) is 5.12 Å². The first-order valence-corrected chi connectivity index (χ1v) is 14.7. The molecule has 8 heteroatoms. The predicted molar refractivity (Wildman–Crippen MR) is 157 cm³/mol. The fraction of sp³-hybridized carbons (Fsp3) is 0.516. The maximum absolute atomic E-state index is 13.9. The van der Waals surface area contributed by atoms with E-state index < -0.39 is 11.5 Å². The molecule has 0 bridgehead atoms. The number of thioether (sulfide) groups is 1. The van der Waals surface area contributed by atoms with Gasteiger partial charge in [-0.25, -0.2) is 0 Å². The van der Waals surface area contributed by atoms with Gasteiger partial charge in [0.25, 0.3) is 0 Å². The first kappa shape index (κ1) is 30.7. The van der Waals surface area contributed by atoms with Gasteiger partial charge in [0.2, 0.25) is 11.8 Å². The van der Waals surface area contributed by atoms with E-state index in [-0.39, 0.29) is 28.6 Å². The van der Waals surface area contributed by atoms with Gasteiger partial charge in [0.05, 0.1) is 11.5 Å². The second-order valence-corrected chi connectivity index (χ2v) is 12.3. The summed E-state index contributed by atoms with van der Waals surface area (Å²) in [6, 6.07) is 16.0. The highest BCUT2D eigenvalue weighted by atomic mass is 32.2. The Hall–Kier alpha value is -2.84. The second kappa shape index (κ2) is 14.0. The molecule has 3 rings (SSSR count). The number of anilines is 1. The van der Waals surface area contributed by atoms with Gasteiger partial charge in [0.1, 0.15) is 17.4 Å². The molecule has 1 aliphatic carbocycles. The van der Waals surface area contributed by atoms with Gasteiger partial charge in [-0.3, -0.25) is 14.4 Å². The number of rotatable bonds is 11. The Balaban J connectivity index is 1.81. The molecule has 1 aliphatic rings. The van der Waals surface area contributed by atoms with E-state index in [9.17, 15) is 14.4 Å². The number of benzene rings is 2. The summed E-state index contributed by atoms with van der Waals surface area (Å²) in [5, 5.41) is 5.99. The molecule has 2 amide bonds. The summed E-state index contributed by atoms with van der Waals surface area (Å²) in [4.78, 5) is 39.2. The summed E-state index contributed by atoms with van der Waals surface area (Å²) in [5.74, 6) is 0.652. The smallest absolute Gasteiger partial charge is 0.247 e. The van der Waals surface area contributed by atoms with Crippen LogP contribution in [0.25, 0.3) is 0 Å². The molecule has 0 saturated heterocycles. The zero-order chi connectivity index (χ0) is 28.5. The molecule has 1 saturated carbocycles. The quantitative estimate of drug-likeness (QED) is 0.366. The summed E-state index contributed by atoms with van der Waals surface area (Å²) in [6.07, 6.45) is 3.14. The van der Waals surface area contributed by atoms with Crippen LogP contribution in [0.5, 0.6) is 5.75 Å². The van der Waals surface area contributed by atoms with Crippen LogP contribution in [0.2, 0.25) is 0 Å². The Morgan fingerprint density at radius 1 is 1.03 bits per heavy atom. The molecule has 2 N–H and O–H groups in total. The van der Waals surface area contributed by atoms with E-state index in [0.29, 0.717) is 37.3 Å². The summed E-state index contributed by atoms with van der Waals surface area (Å²) in [7, 11) is 0. The first-order valence-electron chi connectivity index (χ1n) is 13.7. The number of amides is 2. The highest BCUT2D eigenvalue weighted by Crippen LogP contribution is 2.40. The largest absolute Gasteiger partial charge is 0.488 e. The molecule has 2 aromatic rings. The Morgan fingerprint density at radius 2 is 1.67 bits per heavy atom. The minimum absolute atomic E-state index is 0.0231. The highest BCUT2D eigenvalue weighted by molar-refractivity contribution is 8.13. The summed E-state index contributed by atoms with van der Waals surface area (Å²) < 4.78 is 11.7. The molecule has 7 nitrogen and oxygen atoms in total. The van der Waals surface area contributed by atoms with Crippen molar-refractivity contribution in [2.24, 2.45) is 5.41 Å². The lowest BCUT2D eigenvalue weighted by Crippen LogP contribution is -2.53. The zero-order valence-corrected chi connectivity index (χ0v) is 24.6. The number of hydrogen-bond acceptors (Lipinski definition) is 6. The molecule has 0 spiro atoms. The lowest BCUT2D eigenvalue weighted by molar-refractivity contribution is -0.136. The molecule has 1 atom stereocenters. The standard InChI is InChI=1S/C31H42N2O5S/c1-6-37-25-16-18-31(19-17-25,21-39-22(2)34)29(36)33-27(28(35)32-24-10-8-7-9-11-24)20-23-12-14-26(15-13-23)38-30(3,4)5/h7-15,25,27H,6,16-21H2,1-5H3,(H,32,35)(H,33,36)/t25-,27-,31+/m0/s1. The fourth-order valence-electron chi connectivity index (χ4n) is 4.78. The van der Waals surface area contributed by atoms with E-state index in [1.165, 1.54) is 18.7 Å². The number of ether oxygens (including phenoxy) is 2. The normalized spacial score (nSPS) is 20.1. The number of hydrogen-bond donors (Lipinski definition) is 2. The summed E-state index contributed by atoms with van der Waals surface area (Å²) >= 11 is 1.17. The van der Waals surface area contributed by atoms with Crippen LogP contribution in [0.1, 0.15) is 65.9 Å². The van der Waals surface area contributed by atoms with Gasteiger partial charge < -0.3 is 20.1 Å². The van der Waals surface area contributed by atoms with Crippen molar-refractivity contribution < 1.29 is 23.9 Å². The lowest BCUT2D eigenvalue weighted by Gasteiger charge is -2.39. The van der Waals surface area contributed by atoms with Crippen molar-refractivity contribution in [3.63, 3.8) is 0 Å². The minimum Gasteiger partial charge on any atom is -0.488 e. The van der Waals surface area contributed by atoms with E-state index in [4.69, 9.17) is 9.47 Å². The molecule has 212 valence electrons. The highest BCUT2D eigenvalue weighted by Gasteiger charge is 2.43. The van der Waals surface area contributed by atoms with E-state index in [1.54, 1.807) is 0 Å². The third-order valence-corrected chi connectivity index (χ3v) is 7.88. The molecule has 0 aromatic heterocycles. The van der Waals surface area contributed by atoms with E-state index in [0.717, 1.165) is 24.2 Å². The van der Waals surface area contributed by atoms with Crippen LogP contribution in [0, 0.1) is 5.41 Å². The molecule has 0 aliphatic heterocycles.